The molecule has 39 heavy (non-hydrogen) atoms. The van der Waals surface area contributed by atoms with Gasteiger partial charge in [-0.25, -0.2) is 14.4 Å². The van der Waals surface area contributed by atoms with E-state index in [4.69, 9.17) is 13.8 Å². The molecule has 0 spiro atoms. The molecule has 1 aliphatic heterocycles. The van der Waals surface area contributed by atoms with Crippen molar-refractivity contribution in [1.29, 1.82) is 0 Å². The lowest BCUT2D eigenvalue weighted by molar-refractivity contribution is -0.119. The van der Waals surface area contributed by atoms with E-state index < -0.39 is 55.1 Å². The lowest BCUT2D eigenvalue weighted by Gasteiger charge is -2.27. The van der Waals surface area contributed by atoms with Crippen molar-refractivity contribution in [1.82, 2.24) is 14.6 Å². The van der Waals surface area contributed by atoms with E-state index in [1.165, 1.54) is 6.92 Å². The predicted octanol–water partition coefficient (Wildman–Crippen LogP) is 0.755. The lowest BCUT2D eigenvalue weighted by Crippen LogP contribution is -2.46. The first kappa shape index (κ1) is 31.4. The van der Waals surface area contributed by atoms with Crippen LogP contribution in [0.25, 0.3) is 0 Å². The summed E-state index contributed by atoms with van der Waals surface area (Å²) in [6.45, 7) is 3.63. The van der Waals surface area contributed by atoms with E-state index >= 15 is 0 Å². The molecule has 2 aromatic rings. The van der Waals surface area contributed by atoms with Gasteiger partial charge < -0.3 is 20.1 Å². The molecule has 1 saturated heterocycles. The van der Waals surface area contributed by atoms with Crippen molar-refractivity contribution in [3.8, 4) is 0 Å². The first-order valence-corrected chi connectivity index (χ1v) is 14.7. The minimum absolute atomic E-state index is 0.114. The van der Waals surface area contributed by atoms with Gasteiger partial charge in [-0.15, -0.1) is 0 Å². The molecular weight excluding hydrogens is 553 g/mol. The number of benzene rings is 1. The van der Waals surface area contributed by atoms with Crippen LogP contribution in [0.15, 0.2) is 52.2 Å². The first-order valence-electron chi connectivity index (χ1n) is 12.1. The van der Waals surface area contributed by atoms with Crippen molar-refractivity contribution in [3.63, 3.8) is 0 Å². The fraction of sp³-hybridized carbons (Fsp3) is 0.542. The monoisotopic (exact) mass is 587 g/mol. The molecule has 5 N–H and O–H groups in total. The Kier molecular flexibility index (Phi) is 10.5. The van der Waals surface area contributed by atoms with Crippen LogP contribution in [0.5, 0.6) is 0 Å². The van der Waals surface area contributed by atoms with E-state index in [1.54, 1.807) is 38.1 Å². The fourth-order valence-corrected chi connectivity index (χ4v) is 5.86. The second kappa shape index (κ2) is 13.0. The van der Waals surface area contributed by atoms with Crippen molar-refractivity contribution in [3.05, 3.63) is 69.0 Å². The summed E-state index contributed by atoms with van der Waals surface area (Å²) in [7, 11) is -4.03. The number of aromatic amines is 1. The van der Waals surface area contributed by atoms with E-state index in [0.717, 1.165) is 34.2 Å². The zero-order valence-corrected chi connectivity index (χ0v) is 23.5. The number of hydrogen-bond donors (Lipinski definition) is 5. The first-order chi connectivity index (χ1) is 18.3. The molecule has 0 aliphatic carbocycles. The molecule has 13 nitrogen and oxygen atoms in total. The molecule has 2 heterocycles. The van der Waals surface area contributed by atoms with E-state index in [0.29, 0.717) is 0 Å². The molecule has 3 rings (SSSR count). The maximum Gasteiger partial charge on any atom is 0.405 e. The normalized spacial score (nSPS) is 24.9. The average Bonchev–Trinajstić information content (AvgIpc) is 3.13. The number of carbonyl (C=O) groups excluding carboxylic acids is 1. The lowest BCUT2D eigenvalue weighted by atomic mass is 9.96. The van der Waals surface area contributed by atoms with Crippen LogP contribution in [-0.4, -0.2) is 73.4 Å². The van der Waals surface area contributed by atoms with Gasteiger partial charge >= 0.3 is 13.4 Å². The summed E-state index contributed by atoms with van der Waals surface area (Å²) in [6.07, 6.45) is -3.03. The molecule has 0 bridgehead atoms. The van der Waals surface area contributed by atoms with Crippen LogP contribution in [0.4, 0.5) is 0 Å². The van der Waals surface area contributed by atoms with Crippen molar-refractivity contribution < 1.29 is 38.5 Å². The summed E-state index contributed by atoms with van der Waals surface area (Å²) in [5.74, 6) is 0.136. The minimum Gasteiger partial charge on any atom is -0.395 e. The Morgan fingerprint density at radius 2 is 1.95 bits per heavy atom. The Bertz CT molecular complexity index is 1280. The Labute approximate surface area is 229 Å². The van der Waals surface area contributed by atoms with Crippen LogP contribution >= 0.6 is 19.5 Å². The maximum atomic E-state index is 13.6. The molecule has 0 radical (unpaired) electrons. The van der Waals surface area contributed by atoms with E-state index in [1.807, 2.05) is 6.07 Å². The molecule has 2 unspecified atom stereocenters. The highest BCUT2D eigenvalue weighted by molar-refractivity contribution is 8.13. The van der Waals surface area contributed by atoms with Gasteiger partial charge in [0.1, 0.15) is 17.8 Å². The van der Waals surface area contributed by atoms with Gasteiger partial charge in [-0.3, -0.25) is 28.2 Å². The van der Waals surface area contributed by atoms with Gasteiger partial charge in [0, 0.05) is 24.6 Å². The zero-order valence-electron chi connectivity index (χ0n) is 21.8. The molecule has 0 amide bonds. The molecular formula is C24H34N3O10PS. The van der Waals surface area contributed by atoms with Crippen LogP contribution in [0.2, 0.25) is 0 Å². The van der Waals surface area contributed by atoms with Gasteiger partial charge in [0.15, 0.2) is 11.3 Å². The molecule has 5 atom stereocenters. The van der Waals surface area contributed by atoms with Crippen LogP contribution in [0.1, 0.15) is 32.6 Å². The summed E-state index contributed by atoms with van der Waals surface area (Å²) < 4.78 is 31.3. The van der Waals surface area contributed by atoms with E-state index in [2.05, 4.69) is 10.1 Å². The smallest absolute Gasteiger partial charge is 0.395 e. The van der Waals surface area contributed by atoms with Crippen molar-refractivity contribution in [2.45, 2.75) is 51.4 Å². The quantitative estimate of drug-likeness (QED) is 0.164. The largest absolute Gasteiger partial charge is 0.405 e. The SMILES string of the molecule is CC(C)(CO)C(=O)SCCOP(=O)(NCc1ccccc1)OC[C@H]1O[C@@H](n2ccc(=O)[nH]c2=O)[C@@](C)(O)C1O. The Hall–Kier alpha value is -2.13. The van der Waals surface area contributed by atoms with Crippen LogP contribution < -0.4 is 16.3 Å². The van der Waals surface area contributed by atoms with Gasteiger partial charge in [-0.2, -0.15) is 0 Å². The predicted molar refractivity (Wildman–Crippen MR) is 143 cm³/mol. The van der Waals surface area contributed by atoms with Gasteiger partial charge in [-0.05, 0) is 26.3 Å². The van der Waals surface area contributed by atoms with E-state index in [-0.39, 0.29) is 30.6 Å². The van der Waals surface area contributed by atoms with Crippen LogP contribution in [0, 0.1) is 5.41 Å². The number of carbonyl (C=O) groups is 1. The van der Waals surface area contributed by atoms with Gasteiger partial charge in [-0.1, -0.05) is 42.1 Å². The number of aliphatic hydroxyl groups excluding tert-OH is 2. The summed E-state index contributed by atoms with van der Waals surface area (Å²) in [6, 6.07) is 10.1. The van der Waals surface area contributed by atoms with Gasteiger partial charge in [0.25, 0.3) is 5.56 Å². The maximum absolute atomic E-state index is 13.6. The third-order valence-corrected chi connectivity index (χ3v) is 8.85. The minimum atomic E-state index is -4.03. The third kappa shape index (κ3) is 7.97. The summed E-state index contributed by atoms with van der Waals surface area (Å²) in [5.41, 5.74) is -3.60. The number of rotatable bonds is 13. The highest BCUT2D eigenvalue weighted by atomic mass is 32.2. The number of hydrogen-bond acceptors (Lipinski definition) is 11. The van der Waals surface area contributed by atoms with Crippen LogP contribution in [-0.2, 0) is 29.7 Å². The summed E-state index contributed by atoms with van der Waals surface area (Å²) in [4.78, 5) is 37.9. The number of nitrogens with one attached hydrogen (secondary N) is 2. The number of ether oxygens (including phenoxy) is 1. The molecule has 216 valence electrons. The van der Waals surface area contributed by atoms with Crippen molar-refractivity contribution in [2.75, 3.05) is 25.6 Å². The summed E-state index contributed by atoms with van der Waals surface area (Å²) in [5, 5.41) is 33.4. The molecule has 0 saturated carbocycles. The number of thioether (sulfide) groups is 1. The second-order valence-corrected chi connectivity index (χ2v) is 12.7. The fourth-order valence-electron chi connectivity index (χ4n) is 3.63. The molecule has 1 aromatic heterocycles. The van der Waals surface area contributed by atoms with Crippen molar-refractivity contribution >= 4 is 24.6 Å². The molecule has 1 aromatic carbocycles. The molecule has 1 aliphatic rings. The Morgan fingerprint density at radius 3 is 2.59 bits per heavy atom. The third-order valence-electron chi connectivity index (χ3n) is 6.11. The van der Waals surface area contributed by atoms with E-state index in [9.17, 15) is 34.3 Å². The molecule has 15 heteroatoms. The van der Waals surface area contributed by atoms with Gasteiger partial charge in [0.2, 0.25) is 0 Å². The molecule has 1 fully saturated rings. The standard InChI is InChI=1S/C24H34N3O10PS/c1-23(2,15-28)21(31)39-12-11-35-38(34,25-13-16-7-5-4-6-8-16)36-14-17-19(30)24(3,33)20(37-17)27-10-9-18(29)26-22(27)32/h4-10,17,19-20,28,30,33H,11-15H2,1-3H3,(H,25,34)(H,26,29,32)/t17-,19?,20-,24+,38?/m1/s1. The Morgan fingerprint density at radius 1 is 1.26 bits per heavy atom. The number of nitrogens with zero attached hydrogens (tertiary/aromatic N) is 1. The number of aliphatic hydroxyl groups is 3. The van der Waals surface area contributed by atoms with Crippen LogP contribution in [0.3, 0.4) is 0 Å². The number of H-pyrrole nitrogens is 1. The summed E-state index contributed by atoms with van der Waals surface area (Å²) >= 11 is 0.923. The van der Waals surface area contributed by atoms with Crippen molar-refractivity contribution in [2.24, 2.45) is 5.41 Å². The Balaban J connectivity index is 1.69. The highest BCUT2D eigenvalue weighted by Crippen LogP contribution is 2.46. The zero-order chi connectivity index (χ0) is 28.8. The average molecular weight is 588 g/mol. The number of aromatic nitrogens is 2. The van der Waals surface area contributed by atoms with Gasteiger partial charge in [0.05, 0.1) is 25.2 Å². The topological polar surface area (TPSA) is 189 Å². The highest BCUT2D eigenvalue weighted by Gasteiger charge is 2.54. The second-order valence-electron chi connectivity index (χ2n) is 9.84.